The number of anilines is 2. The number of rotatable bonds is 3. The molecule has 26 heavy (non-hydrogen) atoms. The van der Waals surface area contributed by atoms with E-state index in [2.05, 4.69) is 46.0 Å². The Balaban J connectivity index is 1.59. The van der Waals surface area contributed by atoms with Crippen LogP contribution in [0.15, 0.2) is 53.5 Å². The van der Waals surface area contributed by atoms with Gasteiger partial charge < -0.3 is 10.6 Å². The lowest BCUT2D eigenvalue weighted by Gasteiger charge is -2.16. The Morgan fingerprint density at radius 3 is 2.92 bits per heavy atom. The minimum atomic E-state index is 0.776. The molecule has 5 nitrogen and oxygen atoms in total. The average molecular weight is 341 g/mol. The predicted molar refractivity (Wildman–Crippen MR) is 106 cm³/mol. The molecule has 2 aliphatic heterocycles. The van der Waals surface area contributed by atoms with Gasteiger partial charge >= 0.3 is 0 Å². The Morgan fingerprint density at radius 1 is 1.04 bits per heavy atom. The number of hydrogen-bond donors (Lipinski definition) is 2. The second kappa shape index (κ2) is 6.35. The van der Waals surface area contributed by atoms with Crippen LogP contribution in [0.1, 0.15) is 23.4 Å². The van der Waals surface area contributed by atoms with Crippen LogP contribution < -0.4 is 10.6 Å². The van der Waals surface area contributed by atoms with Crippen LogP contribution in [0.2, 0.25) is 0 Å². The van der Waals surface area contributed by atoms with Crippen LogP contribution in [0.5, 0.6) is 0 Å². The first-order chi connectivity index (χ1) is 12.9. The van der Waals surface area contributed by atoms with Gasteiger partial charge in [0.15, 0.2) is 5.82 Å². The van der Waals surface area contributed by atoms with E-state index in [1.165, 1.54) is 16.7 Å². The molecule has 128 valence electrons. The Morgan fingerprint density at radius 2 is 2.00 bits per heavy atom. The van der Waals surface area contributed by atoms with Crippen LogP contribution in [0.25, 0.3) is 16.5 Å². The Labute approximate surface area is 151 Å². The lowest BCUT2D eigenvalue weighted by atomic mass is 10.1. The van der Waals surface area contributed by atoms with Gasteiger partial charge in [-0.25, -0.2) is 9.97 Å². The fourth-order valence-corrected chi connectivity index (χ4v) is 3.46. The van der Waals surface area contributed by atoms with E-state index in [-0.39, 0.29) is 0 Å². The van der Waals surface area contributed by atoms with Gasteiger partial charge in [-0.2, -0.15) is 0 Å². The maximum absolute atomic E-state index is 4.86. The van der Waals surface area contributed by atoms with E-state index in [0.717, 1.165) is 54.3 Å². The highest BCUT2D eigenvalue weighted by atomic mass is 15.0. The third-order valence-electron chi connectivity index (χ3n) is 4.85. The molecule has 0 spiro atoms. The molecule has 3 heterocycles. The van der Waals surface area contributed by atoms with Gasteiger partial charge in [0.2, 0.25) is 0 Å². The summed E-state index contributed by atoms with van der Waals surface area (Å²) in [6, 6.07) is 14.5. The summed E-state index contributed by atoms with van der Waals surface area (Å²) in [4.78, 5) is 14.0. The number of hydrogen-bond acceptors (Lipinski definition) is 5. The van der Waals surface area contributed by atoms with Crippen molar-refractivity contribution in [3.63, 3.8) is 0 Å². The molecule has 2 N–H and O–H groups in total. The fourth-order valence-electron chi connectivity index (χ4n) is 3.46. The maximum Gasteiger partial charge on any atom is 0.157 e. The number of aliphatic imine (C=N–C) groups is 1. The number of aromatic nitrogens is 2. The minimum absolute atomic E-state index is 0.776. The summed E-state index contributed by atoms with van der Waals surface area (Å²) in [5.41, 5.74) is 5.63. The molecular formula is C21H19N5. The SMILES string of the molecule is C1=NCc2ccc(Nc3nc(C4=CCNCC4)nc4ccccc34)cc21. The first kappa shape index (κ1) is 15.2. The molecule has 0 saturated carbocycles. The molecule has 3 aromatic rings. The van der Waals surface area contributed by atoms with E-state index in [0.29, 0.717) is 0 Å². The van der Waals surface area contributed by atoms with Crippen molar-refractivity contribution in [1.29, 1.82) is 0 Å². The van der Waals surface area contributed by atoms with Crippen molar-refractivity contribution in [2.75, 3.05) is 18.4 Å². The van der Waals surface area contributed by atoms with Crippen LogP contribution in [-0.4, -0.2) is 29.3 Å². The molecule has 5 heteroatoms. The van der Waals surface area contributed by atoms with E-state index in [4.69, 9.17) is 9.97 Å². The summed E-state index contributed by atoms with van der Waals surface area (Å²) in [6.45, 7) is 2.62. The Kier molecular flexibility index (Phi) is 3.72. The summed E-state index contributed by atoms with van der Waals surface area (Å²) < 4.78 is 0. The molecule has 0 radical (unpaired) electrons. The van der Waals surface area contributed by atoms with E-state index < -0.39 is 0 Å². The molecular weight excluding hydrogens is 322 g/mol. The first-order valence-electron chi connectivity index (χ1n) is 8.93. The van der Waals surface area contributed by atoms with Crippen molar-refractivity contribution >= 4 is 34.2 Å². The molecule has 0 fully saturated rings. The summed E-state index contributed by atoms with van der Waals surface area (Å²) in [5, 5.41) is 7.87. The topological polar surface area (TPSA) is 62.2 Å². The number of nitrogens with zero attached hydrogens (tertiary/aromatic N) is 3. The first-order valence-corrected chi connectivity index (χ1v) is 8.93. The lowest BCUT2D eigenvalue weighted by Crippen LogP contribution is -2.20. The van der Waals surface area contributed by atoms with Crippen LogP contribution in [0.4, 0.5) is 11.5 Å². The molecule has 0 atom stereocenters. The summed E-state index contributed by atoms with van der Waals surface area (Å²) >= 11 is 0. The third kappa shape index (κ3) is 2.76. The zero-order valence-corrected chi connectivity index (χ0v) is 14.4. The van der Waals surface area contributed by atoms with Crippen LogP contribution in [0.3, 0.4) is 0 Å². The zero-order valence-electron chi connectivity index (χ0n) is 14.4. The van der Waals surface area contributed by atoms with Gasteiger partial charge in [-0.05, 0) is 53.9 Å². The van der Waals surface area contributed by atoms with Crippen molar-refractivity contribution in [2.24, 2.45) is 4.99 Å². The van der Waals surface area contributed by atoms with Crippen molar-refractivity contribution < 1.29 is 0 Å². The summed E-state index contributed by atoms with van der Waals surface area (Å²) in [7, 11) is 0. The van der Waals surface area contributed by atoms with Crippen LogP contribution in [0, 0.1) is 0 Å². The second-order valence-corrected chi connectivity index (χ2v) is 6.60. The lowest BCUT2D eigenvalue weighted by molar-refractivity contribution is 0.735. The molecule has 2 aromatic carbocycles. The number of para-hydroxylation sites is 1. The minimum Gasteiger partial charge on any atom is -0.340 e. The normalized spacial score (nSPS) is 15.8. The average Bonchev–Trinajstić information content (AvgIpc) is 3.16. The highest BCUT2D eigenvalue weighted by Gasteiger charge is 2.14. The van der Waals surface area contributed by atoms with E-state index in [1.807, 2.05) is 24.4 Å². The molecule has 0 bridgehead atoms. The summed E-state index contributed by atoms with van der Waals surface area (Å²) in [5.74, 6) is 1.66. The van der Waals surface area contributed by atoms with Gasteiger partial charge in [0.05, 0.1) is 12.1 Å². The van der Waals surface area contributed by atoms with Gasteiger partial charge in [0, 0.05) is 23.8 Å². The quantitative estimate of drug-likeness (QED) is 0.763. The summed E-state index contributed by atoms with van der Waals surface area (Å²) in [6.07, 6.45) is 5.07. The van der Waals surface area contributed by atoms with Gasteiger partial charge in [-0.3, -0.25) is 4.99 Å². The predicted octanol–water partition coefficient (Wildman–Crippen LogP) is 3.68. The van der Waals surface area contributed by atoms with E-state index >= 15 is 0 Å². The van der Waals surface area contributed by atoms with E-state index in [1.54, 1.807) is 0 Å². The highest BCUT2D eigenvalue weighted by Crippen LogP contribution is 2.28. The Hall–Kier alpha value is -3.05. The molecule has 0 saturated heterocycles. The third-order valence-corrected chi connectivity index (χ3v) is 4.85. The monoisotopic (exact) mass is 341 g/mol. The number of fused-ring (bicyclic) bond motifs is 2. The van der Waals surface area contributed by atoms with Crippen molar-refractivity contribution in [1.82, 2.24) is 15.3 Å². The molecule has 0 amide bonds. The largest absolute Gasteiger partial charge is 0.340 e. The number of benzene rings is 2. The smallest absolute Gasteiger partial charge is 0.157 e. The van der Waals surface area contributed by atoms with Crippen LogP contribution in [-0.2, 0) is 6.54 Å². The second-order valence-electron chi connectivity index (χ2n) is 6.60. The Bertz CT molecular complexity index is 1050. The zero-order chi connectivity index (χ0) is 17.3. The van der Waals surface area contributed by atoms with E-state index in [9.17, 15) is 0 Å². The molecule has 2 aliphatic rings. The highest BCUT2D eigenvalue weighted by molar-refractivity contribution is 5.93. The molecule has 5 rings (SSSR count). The van der Waals surface area contributed by atoms with Gasteiger partial charge in [0.25, 0.3) is 0 Å². The fraction of sp³-hybridized carbons (Fsp3) is 0.190. The number of nitrogens with one attached hydrogen (secondary N) is 2. The van der Waals surface area contributed by atoms with Gasteiger partial charge in [0.1, 0.15) is 5.82 Å². The maximum atomic E-state index is 4.86. The van der Waals surface area contributed by atoms with Crippen LogP contribution >= 0.6 is 0 Å². The molecule has 0 aliphatic carbocycles. The van der Waals surface area contributed by atoms with Gasteiger partial charge in [-0.1, -0.05) is 24.3 Å². The van der Waals surface area contributed by atoms with Crippen molar-refractivity contribution in [3.05, 3.63) is 65.5 Å². The standard InChI is InChI=1S/C21H19N5/c1-2-4-19-18(3-1)21(26-20(25-19)14-7-9-22-10-8-14)24-17-6-5-15-12-23-13-16(15)11-17/h1-7,11,13,22H,8-10,12H2,(H,24,25,26). The molecule has 1 aromatic heterocycles. The van der Waals surface area contributed by atoms with Gasteiger partial charge in [-0.15, -0.1) is 0 Å². The van der Waals surface area contributed by atoms with Crippen molar-refractivity contribution in [2.45, 2.75) is 13.0 Å². The molecule has 0 unspecified atom stereocenters. The van der Waals surface area contributed by atoms with Crippen molar-refractivity contribution in [3.8, 4) is 0 Å².